The van der Waals surface area contributed by atoms with Gasteiger partial charge in [-0.25, -0.2) is 13.1 Å². The van der Waals surface area contributed by atoms with Crippen LogP contribution in [0.3, 0.4) is 0 Å². The molecule has 1 aromatic carbocycles. The number of rotatable bonds is 7. The zero-order valence-electron chi connectivity index (χ0n) is 11.9. The van der Waals surface area contributed by atoms with Crippen LogP contribution in [0.1, 0.15) is 24.5 Å². The van der Waals surface area contributed by atoms with Crippen molar-refractivity contribution in [2.75, 3.05) is 19.6 Å². The minimum absolute atomic E-state index is 0.0684. The maximum Gasteiger partial charge on any atom is 0.416 e. The average Bonchev–Trinajstić information content (AvgIpc) is 2.37. The van der Waals surface area contributed by atoms with Crippen LogP contribution in [0.5, 0.6) is 0 Å². The van der Waals surface area contributed by atoms with Crippen molar-refractivity contribution in [1.82, 2.24) is 10.0 Å². The number of alkyl halides is 3. The van der Waals surface area contributed by atoms with Crippen LogP contribution in [0, 0.1) is 6.92 Å². The van der Waals surface area contributed by atoms with Crippen LogP contribution in [0.25, 0.3) is 0 Å². The van der Waals surface area contributed by atoms with Crippen molar-refractivity contribution < 1.29 is 21.6 Å². The molecule has 0 bridgehead atoms. The summed E-state index contributed by atoms with van der Waals surface area (Å²) in [4.78, 5) is -0.133. The SMILES string of the molecule is CCCNCCNS(=O)(=O)c1ccc(C(F)(F)F)cc1C. The Bertz CT molecular complexity index is 571. The van der Waals surface area contributed by atoms with E-state index in [4.69, 9.17) is 0 Å². The highest BCUT2D eigenvalue weighted by Crippen LogP contribution is 2.31. The van der Waals surface area contributed by atoms with E-state index < -0.39 is 21.8 Å². The Morgan fingerprint density at radius 2 is 1.81 bits per heavy atom. The molecule has 1 rings (SSSR count). The topological polar surface area (TPSA) is 58.2 Å². The molecule has 0 radical (unpaired) electrons. The van der Waals surface area contributed by atoms with Crippen molar-refractivity contribution in [3.05, 3.63) is 29.3 Å². The molecular formula is C13H19F3N2O2S. The van der Waals surface area contributed by atoms with Gasteiger partial charge >= 0.3 is 6.18 Å². The number of aryl methyl sites for hydroxylation is 1. The fourth-order valence-electron chi connectivity index (χ4n) is 1.78. The van der Waals surface area contributed by atoms with Crippen molar-refractivity contribution in [3.63, 3.8) is 0 Å². The van der Waals surface area contributed by atoms with E-state index in [9.17, 15) is 21.6 Å². The number of benzene rings is 1. The Kier molecular flexibility index (Phi) is 6.18. The Morgan fingerprint density at radius 3 is 2.33 bits per heavy atom. The van der Waals surface area contributed by atoms with Gasteiger partial charge in [0.2, 0.25) is 10.0 Å². The highest BCUT2D eigenvalue weighted by Gasteiger charge is 2.31. The number of sulfonamides is 1. The lowest BCUT2D eigenvalue weighted by molar-refractivity contribution is -0.137. The molecule has 2 N–H and O–H groups in total. The molecule has 0 spiro atoms. The Labute approximate surface area is 122 Å². The highest BCUT2D eigenvalue weighted by atomic mass is 32.2. The van der Waals surface area contributed by atoms with Gasteiger partial charge in [-0.15, -0.1) is 0 Å². The molecule has 0 saturated heterocycles. The maximum atomic E-state index is 12.5. The molecule has 0 aromatic heterocycles. The first-order valence-electron chi connectivity index (χ1n) is 6.56. The van der Waals surface area contributed by atoms with Gasteiger partial charge < -0.3 is 5.32 Å². The zero-order valence-corrected chi connectivity index (χ0v) is 12.7. The first kappa shape index (κ1) is 17.9. The number of nitrogens with one attached hydrogen (secondary N) is 2. The van der Waals surface area contributed by atoms with E-state index in [0.717, 1.165) is 31.2 Å². The minimum atomic E-state index is -4.48. The molecule has 21 heavy (non-hydrogen) atoms. The second-order valence-corrected chi connectivity index (χ2v) is 6.36. The second-order valence-electron chi connectivity index (χ2n) is 4.63. The Morgan fingerprint density at radius 1 is 1.14 bits per heavy atom. The average molecular weight is 324 g/mol. The van der Waals surface area contributed by atoms with Gasteiger partial charge in [0.25, 0.3) is 0 Å². The van der Waals surface area contributed by atoms with E-state index in [1.807, 2.05) is 6.92 Å². The molecule has 1 aromatic rings. The summed E-state index contributed by atoms with van der Waals surface area (Å²) < 4.78 is 64.0. The van der Waals surface area contributed by atoms with Gasteiger partial charge in [-0.1, -0.05) is 6.92 Å². The number of hydrogen-bond donors (Lipinski definition) is 2. The first-order valence-corrected chi connectivity index (χ1v) is 8.05. The molecule has 0 saturated carbocycles. The van der Waals surface area contributed by atoms with Gasteiger partial charge in [-0.3, -0.25) is 0 Å². The van der Waals surface area contributed by atoms with E-state index in [1.54, 1.807) is 0 Å². The van der Waals surface area contributed by atoms with Gasteiger partial charge in [0.1, 0.15) is 0 Å². The first-order chi connectivity index (χ1) is 9.68. The van der Waals surface area contributed by atoms with E-state index in [0.29, 0.717) is 6.54 Å². The van der Waals surface area contributed by atoms with E-state index in [-0.39, 0.29) is 17.0 Å². The summed E-state index contributed by atoms with van der Waals surface area (Å²) in [5.41, 5.74) is -0.789. The fraction of sp³-hybridized carbons (Fsp3) is 0.538. The molecule has 0 aliphatic heterocycles. The van der Waals surface area contributed by atoms with Crippen LogP contribution >= 0.6 is 0 Å². The smallest absolute Gasteiger partial charge is 0.315 e. The summed E-state index contributed by atoms with van der Waals surface area (Å²) in [6.45, 7) is 4.76. The van der Waals surface area contributed by atoms with Crippen LogP contribution in [-0.4, -0.2) is 28.1 Å². The third-order valence-corrected chi connectivity index (χ3v) is 4.43. The van der Waals surface area contributed by atoms with Crippen molar-refractivity contribution in [3.8, 4) is 0 Å². The Hall–Kier alpha value is -1.12. The normalized spacial score (nSPS) is 12.6. The van der Waals surface area contributed by atoms with Crippen molar-refractivity contribution in [2.24, 2.45) is 0 Å². The third kappa shape index (κ3) is 5.29. The molecule has 0 aliphatic carbocycles. The predicted octanol–water partition coefficient (Wildman–Crippen LogP) is 2.29. The monoisotopic (exact) mass is 324 g/mol. The van der Waals surface area contributed by atoms with Gasteiger partial charge in [-0.2, -0.15) is 13.2 Å². The van der Waals surface area contributed by atoms with Crippen LogP contribution in [0.2, 0.25) is 0 Å². The Balaban J connectivity index is 2.80. The summed E-state index contributed by atoms with van der Waals surface area (Å²) >= 11 is 0. The summed E-state index contributed by atoms with van der Waals surface area (Å²) in [5.74, 6) is 0. The van der Waals surface area contributed by atoms with Crippen molar-refractivity contribution >= 4 is 10.0 Å². The van der Waals surface area contributed by atoms with Crippen molar-refractivity contribution in [1.29, 1.82) is 0 Å². The summed E-state index contributed by atoms with van der Waals surface area (Å²) in [7, 11) is -3.80. The lowest BCUT2D eigenvalue weighted by Gasteiger charge is -2.12. The van der Waals surface area contributed by atoms with Crippen LogP contribution in [0.4, 0.5) is 13.2 Å². The van der Waals surface area contributed by atoms with Gasteiger partial charge in [-0.05, 0) is 43.7 Å². The number of halogens is 3. The second kappa shape index (κ2) is 7.24. The molecule has 0 atom stereocenters. The summed E-state index contributed by atoms with van der Waals surface area (Å²) in [6.07, 6.45) is -3.55. The van der Waals surface area contributed by atoms with Gasteiger partial charge in [0.05, 0.1) is 10.5 Å². The van der Waals surface area contributed by atoms with E-state index >= 15 is 0 Å². The fourth-order valence-corrected chi connectivity index (χ4v) is 3.04. The van der Waals surface area contributed by atoms with E-state index in [1.165, 1.54) is 6.92 Å². The maximum absolute atomic E-state index is 12.5. The summed E-state index contributed by atoms with van der Waals surface area (Å²) in [6, 6.07) is 2.60. The molecule has 0 aliphatic rings. The van der Waals surface area contributed by atoms with E-state index in [2.05, 4.69) is 10.0 Å². The van der Waals surface area contributed by atoms with Crippen LogP contribution in [0.15, 0.2) is 23.1 Å². The van der Waals surface area contributed by atoms with Gasteiger partial charge in [0.15, 0.2) is 0 Å². The largest absolute Gasteiger partial charge is 0.416 e. The molecule has 4 nitrogen and oxygen atoms in total. The molecule has 0 fully saturated rings. The number of hydrogen-bond acceptors (Lipinski definition) is 3. The predicted molar refractivity (Wildman–Crippen MR) is 74.5 cm³/mol. The van der Waals surface area contributed by atoms with Crippen LogP contribution < -0.4 is 10.0 Å². The molecule has 0 amide bonds. The van der Waals surface area contributed by atoms with Crippen molar-refractivity contribution in [2.45, 2.75) is 31.3 Å². The standard InChI is InChI=1S/C13H19F3N2O2S/c1-3-6-17-7-8-18-21(19,20)12-5-4-11(9-10(12)2)13(14,15)16/h4-5,9,17-18H,3,6-8H2,1-2H3. The molecule has 8 heteroatoms. The third-order valence-electron chi connectivity index (χ3n) is 2.81. The molecule has 0 heterocycles. The highest BCUT2D eigenvalue weighted by molar-refractivity contribution is 7.89. The van der Waals surface area contributed by atoms with Crippen LogP contribution in [-0.2, 0) is 16.2 Å². The molecular weight excluding hydrogens is 305 g/mol. The minimum Gasteiger partial charge on any atom is -0.315 e. The quantitative estimate of drug-likeness (QED) is 0.757. The summed E-state index contributed by atoms with van der Waals surface area (Å²) in [5, 5.41) is 3.03. The lowest BCUT2D eigenvalue weighted by Crippen LogP contribution is -2.32. The molecule has 120 valence electrons. The lowest BCUT2D eigenvalue weighted by atomic mass is 10.1. The zero-order chi connectivity index (χ0) is 16.1. The van der Waals surface area contributed by atoms with Gasteiger partial charge in [0, 0.05) is 13.1 Å². The molecule has 0 unspecified atom stereocenters.